The molecule has 0 saturated carbocycles. The second-order valence-electron chi connectivity index (χ2n) is 12.4. The first-order chi connectivity index (χ1) is 21.9. The van der Waals surface area contributed by atoms with Gasteiger partial charge in [0.1, 0.15) is 0 Å². The van der Waals surface area contributed by atoms with E-state index in [9.17, 15) is 19.4 Å². The quantitative estimate of drug-likeness (QED) is 0.0308. The van der Waals surface area contributed by atoms with Gasteiger partial charge in [-0.3, -0.25) is 13.8 Å². The molecule has 0 aromatic rings. The van der Waals surface area contributed by atoms with Crippen LogP contribution in [0, 0.1) is 0 Å². The Bertz CT molecular complexity index is 764. The van der Waals surface area contributed by atoms with Gasteiger partial charge in [-0.05, 0) is 44.9 Å². The molecule has 0 spiro atoms. The van der Waals surface area contributed by atoms with Gasteiger partial charge in [-0.1, -0.05) is 141 Å². The van der Waals surface area contributed by atoms with E-state index >= 15 is 0 Å². The van der Waals surface area contributed by atoms with Gasteiger partial charge in [-0.15, -0.1) is 0 Å². The molecule has 0 fully saturated rings. The Morgan fingerprint density at radius 1 is 0.711 bits per heavy atom. The van der Waals surface area contributed by atoms with Gasteiger partial charge in [0.25, 0.3) is 0 Å². The summed E-state index contributed by atoms with van der Waals surface area (Å²) in [6, 6.07) is -0.859. The van der Waals surface area contributed by atoms with Crippen molar-refractivity contribution in [2.45, 2.75) is 180 Å². The lowest BCUT2D eigenvalue weighted by molar-refractivity contribution is -0.123. The summed E-state index contributed by atoms with van der Waals surface area (Å²) in [7, 11) is -4.33. The number of hydrogen-bond acceptors (Lipinski definition) is 6. The monoisotopic (exact) mass is 659 g/mol. The molecule has 0 aromatic carbocycles. The van der Waals surface area contributed by atoms with Crippen LogP contribution in [0.15, 0.2) is 24.3 Å². The standard InChI is InChI=1S/C36H71N2O6P/c1-3-5-7-9-11-13-15-16-17-18-19-20-22-24-26-28-30-36(40)38-34(33-44-45(41,42)43-32-31-37)35(39)29-27-25-23-21-14-12-10-8-6-4-2/h17-18,27,29,34-35,39H,3-16,19-26,28,30-33,37H2,1-2H3,(H,38,40)(H,41,42)/b18-17-,29-27+. The Morgan fingerprint density at radius 2 is 1.16 bits per heavy atom. The molecule has 0 aromatic heterocycles. The van der Waals surface area contributed by atoms with Gasteiger partial charge in [0.05, 0.1) is 25.4 Å². The summed E-state index contributed by atoms with van der Waals surface area (Å²) in [5.74, 6) is -0.205. The van der Waals surface area contributed by atoms with Gasteiger partial charge in [-0.25, -0.2) is 4.57 Å². The number of phosphoric ester groups is 1. The van der Waals surface area contributed by atoms with Crippen LogP contribution in [-0.2, 0) is 18.4 Å². The Morgan fingerprint density at radius 3 is 1.64 bits per heavy atom. The third-order valence-electron chi connectivity index (χ3n) is 8.02. The Labute approximate surface area is 277 Å². The molecule has 0 bridgehead atoms. The van der Waals surface area contributed by atoms with Crippen LogP contribution in [0.2, 0.25) is 0 Å². The SMILES string of the molecule is CCCCCCCCC/C=C\CCCCCCCC(=O)NC(COP(=O)(O)OCCN)C(O)/C=C/CCCCCCCCCC. The van der Waals surface area contributed by atoms with E-state index in [2.05, 4.69) is 31.3 Å². The molecule has 0 saturated heterocycles. The zero-order valence-electron chi connectivity index (χ0n) is 29.1. The Balaban J connectivity index is 4.30. The number of amides is 1. The fourth-order valence-electron chi connectivity index (χ4n) is 5.18. The maximum atomic E-state index is 12.7. The number of rotatable bonds is 34. The molecule has 266 valence electrons. The number of aliphatic hydroxyl groups is 1. The highest BCUT2D eigenvalue weighted by molar-refractivity contribution is 7.47. The number of nitrogens with two attached hydrogens (primary N) is 1. The number of hydrogen-bond donors (Lipinski definition) is 4. The number of phosphoric acid groups is 1. The van der Waals surface area contributed by atoms with Crippen LogP contribution in [0.4, 0.5) is 0 Å². The van der Waals surface area contributed by atoms with Crippen molar-refractivity contribution in [3.63, 3.8) is 0 Å². The maximum absolute atomic E-state index is 12.7. The molecular formula is C36H71N2O6P. The van der Waals surface area contributed by atoms with Crippen molar-refractivity contribution in [3.05, 3.63) is 24.3 Å². The summed E-state index contributed by atoms with van der Waals surface area (Å²) in [5, 5.41) is 13.5. The fourth-order valence-corrected chi connectivity index (χ4v) is 5.94. The van der Waals surface area contributed by atoms with Crippen molar-refractivity contribution >= 4 is 13.7 Å². The predicted molar refractivity (Wildman–Crippen MR) is 189 cm³/mol. The molecule has 45 heavy (non-hydrogen) atoms. The molecule has 0 heterocycles. The van der Waals surface area contributed by atoms with Crippen LogP contribution in [0.25, 0.3) is 0 Å². The van der Waals surface area contributed by atoms with Gasteiger partial charge in [0.15, 0.2) is 0 Å². The molecule has 9 heteroatoms. The second-order valence-corrected chi connectivity index (χ2v) is 13.9. The normalized spacial score (nSPS) is 14.7. The largest absolute Gasteiger partial charge is 0.472 e. The summed E-state index contributed by atoms with van der Waals surface area (Å²) in [6.45, 7) is 4.09. The number of aliphatic hydroxyl groups excluding tert-OH is 1. The smallest absolute Gasteiger partial charge is 0.387 e. The third-order valence-corrected chi connectivity index (χ3v) is 9.01. The Kier molecular flexibility index (Phi) is 32.2. The minimum absolute atomic E-state index is 0.0776. The van der Waals surface area contributed by atoms with Crippen molar-refractivity contribution in [2.75, 3.05) is 19.8 Å². The van der Waals surface area contributed by atoms with Gasteiger partial charge in [0, 0.05) is 13.0 Å². The van der Waals surface area contributed by atoms with Crippen molar-refractivity contribution in [1.29, 1.82) is 0 Å². The average Bonchev–Trinajstić information content (AvgIpc) is 3.02. The lowest BCUT2D eigenvalue weighted by Gasteiger charge is -2.23. The zero-order chi connectivity index (χ0) is 33.3. The molecule has 3 unspecified atom stereocenters. The van der Waals surface area contributed by atoms with Gasteiger partial charge in [-0.2, -0.15) is 0 Å². The van der Waals surface area contributed by atoms with E-state index in [0.29, 0.717) is 6.42 Å². The first-order valence-electron chi connectivity index (χ1n) is 18.5. The van der Waals surface area contributed by atoms with Crippen molar-refractivity contribution in [2.24, 2.45) is 5.73 Å². The lowest BCUT2D eigenvalue weighted by Crippen LogP contribution is -2.45. The highest BCUT2D eigenvalue weighted by Gasteiger charge is 2.26. The second kappa shape index (κ2) is 32.9. The molecule has 5 N–H and O–H groups in total. The van der Waals surface area contributed by atoms with E-state index in [4.69, 9.17) is 14.8 Å². The number of carbonyl (C=O) groups is 1. The van der Waals surface area contributed by atoms with E-state index in [0.717, 1.165) is 51.4 Å². The maximum Gasteiger partial charge on any atom is 0.472 e. The third kappa shape index (κ3) is 31.4. The van der Waals surface area contributed by atoms with Gasteiger partial charge in [0.2, 0.25) is 5.91 Å². The molecule has 8 nitrogen and oxygen atoms in total. The summed E-state index contributed by atoms with van der Waals surface area (Å²) in [4.78, 5) is 22.5. The zero-order valence-corrected chi connectivity index (χ0v) is 30.0. The molecule has 0 aliphatic carbocycles. The lowest BCUT2D eigenvalue weighted by atomic mass is 10.1. The first-order valence-corrected chi connectivity index (χ1v) is 20.0. The molecule has 1 amide bonds. The van der Waals surface area contributed by atoms with E-state index < -0.39 is 20.0 Å². The number of nitrogens with one attached hydrogen (secondary N) is 1. The molecule has 3 atom stereocenters. The highest BCUT2D eigenvalue weighted by atomic mass is 31.2. The molecular weight excluding hydrogens is 587 g/mol. The molecule has 0 radical (unpaired) electrons. The van der Waals surface area contributed by atoms with Gasteiger partial charge >= 0.3 is 7.82 Å². The number of unbranched alkanes of at least 4 members (excludes halogenated alkanes) is 20. The average molecular weight is 659 g/mol. The van der Waals surface area contributed by atoms with Crippen molar-refractivity contribution in [1.82, 2.24) is 5.32 Å². The highest BCUT2D eigenvalue weighted by Crippen LogP contribution is 2.43. The van der Waals surface area contributed by atoms with Crippen molar-refractivity contribution < 1.29 is 28.4 Å². The summed E-state index contributed by atoms with van der Waals surface area (Å²) >= 11 is 0. The van der Waals surface area contributed by atoms with E-state index in [-0.39, 0.29) is 25.7 Å². The Hall–Kier alpha value is -1.02. The minimum Gasteiger partial charge on any atom is -0.387 e. The van der Waals surface area contributed by atoms with E-state index in [1.165, 1.54) is 96.3 Å². The molecule has 0 aliphatic rings. The first kappa shape index (κ1) is 44.0. The van der Waals surface area contributed by atoms with Crippen LogP contribution in [0.3, 0.4) is 0 Å². The topological polar surface area (TPSA) is 131 Å². The molecule has 0 rings (SSSR count). The van der Waals surface area contributed by atoms with E-state index in [1.807, 2.05) is 6.08 Å². The predicted octanol–water partition coefficient (Wildman–Crippen LogP) is 9.44. The van der Waals surface area contributed by atoms with E-state index in [1.54, 1.807) is 6.08 Å². The van der Waals surface area contributed by atoms with Crippen LogP contribution in [-0.4, -0.2) is 47.8 Å². The number of carbonyl (C=O) groups excluding carboxylic acids is 1. The fraction of sp³-hybridized carbons (Fsp3) is 0.861. The number of allylic oxidation sites excluding steroid dienone is 3. The van der Waals surface area contributed by atoms with Gasteiger partial charge < -0.3 is 21.1 Å². The van der Waals surface area contributed by atoms with Crippen molar-refractivity contribution in [3.8, 4) is 0 Å². The summed E-state index contributed by atoms with van der Waals surface area (Å²) < 4.78 is 22.0. The summed E-state index contributed by atoms with van der Waals surface area (Å²) in [5.41, 5.74) is 5.34. The van der Waals surface area contributed by atoms with Crippen LogP contribution in [0.1, 0.15) is 168 Å². The summed E-state index contributed by atoms with van der Waals surface area (Å²) in [6.07, 6.45) is 35.1. The molecule has 0 aliphatic heterocycles. The van der Waals surface area contributed by atoms with Crippen LogP contribution < -0.4 is 11.1 Å². The van der Waals surface area contributed by atoms with Crippen LogP contribution in [0.5, 0.6) is 0 Å². The van der Waals surface area contributed by atoms with Crippen LogP contribution >= 0.6 is 7.82 Å². The minimum atomic E-state index is -4.33.